The Morgan fingerprint density at radius 3 is 2.03 bits per heavy atom. The third-order valence-corrected chi connectivity index (χ3v) is 15.2. The van der Waals surface area contributed by atoms with Crippen LogP contribution in [0.15, 0.2) is 88.7 Å². The van der Waals surface area contributed by atoms with E-state index >= 15 is 0 Å². The Morgan fingerprint density at radius 1 is 0.632 bits per heavy atom. The second-order valence-corrected chi connectivity index (χ2v) is 16.6. The summed E-state index contributed by atoms with van der Waals surface area (Å²) in [6.07, 6.45) is 7.15. The van der Waals surface area contributed by atoms with Crippen LogP contribution in [0.2, 0.25) is 0 Å². The summed E-state index contributed by atoms with van der Waals surface area (Å²) in [5, 5.41) is 1.11. The third kappa shape index (κ3) is 4.09. The normalized spacial score (nSPS) is 18.6. The lowest BCUT2D eigenvalue weighted by atomic mass is 10.1. The first-order valence-electron chi connectivity index (χ1n) is 12.5. The minimum absolute atomic E-state index is 0.552. The van der Waals surface area contributed by atoms with Crippen LogP contribution in [-0.4, -0.2) is 5.25 Å². The molecule has 2 aliphatic rings. The predicted molar refractivity (Wildman–Crippen MR) is 177 cm³/mol. The van der Waals surface area contributed by atoms with E-state index in [0.29, 0.717) is 10.5 Å². The van der Waals surface area contributed by atoms with E-state index in [-0.39, 0.29) is 0 Å². The third-order valence-electron chi connectivity index (χ3n) is 7.06. The molecule has 8 rings (SSSR count). The molecule has 38 heavy (non-hydrogen) atoms. The average Bonchev–Trinajstić information content (AvgIpc) is 3.72. The molecule has 2 aliphatic heterocycles. The maximum Gasteiger partial charge on any atom is 0.0636 e. The van der Waals surface area contributed by atoms with Crippen molar-refractivity contribution < 1.29 is 0 Å². The maximum absolute atomic E-state index is 2.48. The fourth-order valence-electron chi connectivity index (χ4n) is 5.04. The Bertz CT molecular complexity index is 1890. The molecule has 0 amide bonds. The number of fused-ring (bicyclic) bond motifs is 6. The van der Waals surface area contributed by atoms with Crippen LogP contribution in [0, 0.1) is 13.8 Å². The molecule has 0 saturated heterocycles. The van der Waals surface area contributed by atoms with E-state index in [1.54, 1.807) is 4.88 Å². The van der Waals surface area contributed by atoms with E-state index in [9.17, 15) is 0 Å². The van der Waals surface area contributed by atoms with E-state index in [2.05, 4.69) is 98.8 Å². The Morgan fingerprint density at radius 2 is 1.29 bits per heavy atom. The molecule has 0 bridgehead atoms. The van der Waals surface area contributed by atoms with Crippen LogP contribution in [0.1, 0.15) is 26.1 Å². The fraction of sp³-hybridized carbons (Fsp3) is 0.125. The second kappa shape index (κ2) is 9.26. The average molecular weight is 599 g/mol. The highest BCUT2D eigenvalue weighted by Crippen LogP contribution is 2.61. The molecule has 2 unspecified atom stereocenters. The molecule has 6 heteroatoms. The van der Waals surface area contributed by atoms with E-state index in [1.807, 2.05) is 68.9 Å². The van der Waals surface area contributed by atoms with Gasteiger partial charge >= 0.3 is 0 Å². The summed E-state index contributed by atoms with van der Waals surface area (Å²) in [5.74, 6) is 0. The van der Waals surface area contributed by atoms with Crippen molar-refractivity contribution in [2.45, 2.75) is 29.2 Å². The molecule has 6 aromatic rings. The number of rotatable bonds is 4. The molecule has 186 valence electrons. The molecule has 0 saturated carbocycles. The van der Waals surface area contributed by atoms with Gasteiger partial charge in [0.2, 0.25) is 0 Å². The van der Waals surface area contributed by atoms with Crippen LogP contribution in [-0.2, 0) is 0 Å². The van der Waals surface area contributed by atoms with Crippen molar-refractivity contribution >= 4 is 93.7 Å². The zero-order chi connectivity index (χ0) is 25.4. The SMILES string of the molecule is Cc1ccc(-c2cc3c(s2)C2SC(/C=C/c4cc5sc6cc(-c7ccc(C)cc7)sc6c5s4)=CC2S3)cc1. The van der Waals surface area contributed by atoms with E-state index < -0.39 is 0 Å². The number of hydrogen-bond acceptors (Lipinski definition) is 6. The molecule has 2 atom stereocenters. The first-order chi connectivity index (χ1) is 18.6. The molecular formula is C32H22S6. The van der Waals surface area contributed by atoms with Gasteiger partial charge in [-0.15, -0.1) is 68.9 Å². The zero-order valence-electron chi connectivity index (χ0n) is 20.7. The van der Waals surface area contributed by atoms with E-state index in [4.69, 9.17) is 0 Å². The lowest BCUT2D eigenvalue weighted by molar-refractivity contribution is 1.05. The number of benzene rings is 2. The molecule has 0 fully saturated rings. The number of thioether (sulfide) groups is 2. The Hall–Kier alpha value is -2.06. The van der Waals surface area contributed by atoms with Crippen LogP contribution in [0.5, 0.6) is 0 Å². The van der Waals surface area contributed by atoms with Crippen LogP contribution in [0.25, 0.3) is 45.8 Å². The summed E-state index contributed by atoms with van der Waals surface area (Å²) in [6, 6.07) is 25.0. The minimum atomic E-state index is 0.552. The number of thiophene rings is 4. The van der Waals surface area contributed by atoms with Gasteiger partial charge in [-0.2, -0.15) is 0 Å². The topological polar surface area (TPSA) is 0 Å². The Kier molecular flexibility index (Phi) is 5.80. The van der Waals surface area contributed by atoms with Gasteiger partial charge in [0.25, 0.3) is 0 Å². The summed E-state index contributed by atoms with van der Waals surface area (Å²) < 4.78 is 5.72. The first kappa shape index (κ1) is 23.8. The fourth-order valence-corrected chi connectivity index (χ4v) is 13.6. The Balaban J connectivity index is 1.01. The monoisotopic (exact) mass is 598 g/mol. The van der Waals surface area contributed by atoms with Gasteiger partial charge in [-0.1, -0.05) is 65.7 Å². The quantitative estimate of drug-likeness (QED) is 0.198. The smallest absolute Gasteiger partial charge is 0.0636 e. The number of allylic oxidation sites excluding steroid dienone is 1. The summed E-state index contributed by atoms with van der Waals surface area (Å²) >= 11 is 11.9. The molecule has 0 N–H and O–H groups in total. The highest BCUT2D eigenvalue weighted by molar-refractivity contribution is 8.07. The minimum Gasteiger partial charge on any atom is -0.138 e. The molecular weight excluding hydrogens is 577 g/mol. The van der Waals surface area contributed by atoms with E-state index in [0.717, 1.165) is 0 Å². The highest BCUT2D eigenvalue weighted by Gasteiger charge is 2.39. The van der Waals surface area contributed by atoms with Gasteiger partial charge in [-0.05, 0) is 55.3 Å². The van der Waals surface area contributed by atoms with Crippen LogP contribution >= 0.6 is 68.9 Å². The molecule has 2 aromatic carbocycles. The lowest BCUT2D eigenvalue weighted by Gasteiger charge is -2.07. The summed E-state index contributed by atoms with van der Waals surface area (Å²) in [5.41, 5.74) is 5.29. The molecule has 4 aromatic heterocycles. The van der Waals surface area contributed by atoms with Gasteiger partial charge in [0.05, 0.1) is 14.6 Å². The first-order valence-corrected chi connectivity index (χ1v) is 17.6. The second-order valence-electron chi connectivity index (χ2n) is 9.84. The zero-order valence-corrected chi connectivity index (χ0v) is 25.6. The van der Waals surface area contributed by atoms with Crippen LogP contribution in [0.3, 0.4) is 0 Å². The molecule has 0 aliphatic carbocycles. The summed E-state index contributed by atoms with van der Waals surface area (Å²) in [7, 11) is 0. The molecule has 0 radical (unpaired) electrons. The van der Waals surface area contributed by atoms with Gasteiger partial charge in [-0.25, -0.2) is 0 Å². The molecule has 6 heterocycles. The Labute approximate surface area is 246 Å². The van der Waals surface area contributed by atoms with Gasteiger partial charge in [0.1, 0.15) is 0 Å². The largest absolute Gasteiger partial charge is 0.138 e. The van der Waals surface area contributed by atoms with Crippen molar-refractivity contribution in [3.05, 3.63) is 105 Å². The van der Waals surface area contributed by atoms with Gasteiger partial charge in [-0.3, -0.25) is 0 Å². The predicted octanol–water partition coefficient (Wildman–Crippen LogP) is 12.0. The van der Waals surface area contributed by atoms with Gasteiger partial charge < -0.3 is 0 Å². The lowest BCUT2D eigenvalue weighted by Crippen LogP contribution is -1.95. The van der Waals surface area contributed by atoms with Crippen molar-refractivity contribution in [1.29, 1.82) is 0 Å². The van der Waals surface area contributed by atoms with Crippen molar-refractivity contribution in [3.8, 4) is 20.9 Å². The van der Waals surface area contributed by atoms with Gasteiger partial charge in [0.15, 0.2) is 0 Å². The van der Waals surface area contributed by atoms with Crippen molar-refractivity contribution in [2.24, 2.45) is 0 Å². The van der Waals surface area contributed by atoms with Crippen molar-refractivity contribution in [3.63, 3.8) is 0 Å². The van der Waals surface area contributed by atoms with Crippen LogP contribution < -0.4 is 0 Å². The maximum atomic E-state index is 2.48. The van der Waals surface area contributed by atoms with Crippen LogP contribution in [0.4, 0.5) is 0 Å². The van der Waals surface area contributed by atoms with E-state index in [1.165, 1.54) is 65.5 Å². The number of aryl methyl sites for hydroxylation is 2. The van der Waals surface area contributed by atoms with Crippen molar-refractivity contribution in [2.75, 3.05) is 0 Å². The van der Waals surface area contributed by atoms with Gasteiger partial charge in [0, 0.05) is 44.0 Å². The summed E-state index contributed by atoms with van der Waals surface area (Å²) in [6.45, 7) is 4.30. The number of hydrogen-bond donors (Lipinski definition) is 0. The standard InChI is InChI=1S/C32H22S6/c1-17-3-7-19(8-4-17)23-15-27-31(37-23)29-25(35-27)13-21(33-29)11-12-22-14-26-30(34-22)32-28(36-26)16-24(38-32)20-9-5-18(2)6-10-20/h3-16,25,29H,1-2H3/b12-11+. The van der Waals surface area contributed by atoms with Crippen molar-refractivity contribution in [1.82, 2.24) is 0 Å². The molecule has 0 spiro atoms. The highest BCUT2D eigenvalue weighted by atomic mass is 32.2. The summed E-state index contributed by atoms with van der Waals surface area (Å²) in [4.78, 5) is 8.56. The molecule has 0 nitrogen and oxygen atoms in total.